The molecule has 0 spiro atoms. The van der Waals surface area contributed by atoms with E-state index in [-0.39, 0.29) is 17.5 Å². The van der Waals surface area contributed by atoms with Crippen molar-refractivity contribution in [3.63, 3.8) is 0 Å². The highest BCUT2D eigenvalue weighted by atomic mass is 16.4. The number of anilines is 1. The van der Waals surface area contributed by atoms with E-state index in [1.807, 2.05) is 31.2 Å². The Bertz CT molecular complexity index is 544. The van der Waals surface area contributed by atoms with Crippen molar-refractivity contribution < 1.29 is 9.21 Å². The van der Waals surface area contributed by atoms with Gasteiger partial charge in [0.15, 0.2) is 17.2 Å². The maximum Gasteiger partial charge on any atom is 0.293 e. The third kappa shape index (κ3) is 1.69. The number of Topliss-reactive ketones (excluding diaryl/α,β-unsaturated/α-hetero) is 1. The molecule has 0 radical (unpaired) electrons. The minimum absolute atomic E-state index is 0.0171. The van der Waals surface area contributed by atoms with Crippen molar-refractivity contribution in [2.75, 3.05) is 5.73 Å². The number of oxazole rings is 1. The predicted octanol–water partition coefficient (Wildman–Crippen LogP) is 2.43. The third-order valence-electron chi connectivity index (χ3n) is 2.37. The molecule has 4 heteroatoms. The normalized spacial score (nSPS) is 10.4. The predicted molar refractivity (Wildman–Crippen MR) is 61.1 cm³/mol. The summed E-state index contributed by atoms with van der Waals surface area (Å²) in [5, 5.41) is 0. The molecular formula is C12H12N2O2. The lowest BCUT2D eigenvalue weighted by Crippen LogP contribution is -1.96. The maximum absolute atomic E-state index is 11.4. The summed E-state index contributed by atoms with van der Waals surface area (Å²) in [5.41, 5.74) is 7.62. The number of carbonyl (C=O) groups is 1. The van der Waals surface area contributed by atoms with Crippen molar-refractivity contribution in [2.45, 2.75) is 13.8 Å². The lowest BCUT2D eigenvalue weighted by Gasteiger charge is -2.02. The molecule has 0 unspecified atom stereocenters. The molecule has 2 aromatic rings. The highest BCUT2D eigenvalue weighted by Gasteiger charge is 2.18. The SMILES string of the molecule is CC(=O)c1nc(N)oc1-c1ccccc1C. The third-order valence-corrected chi connectivity index (χ3v) is 2.37. The van der Waals surface area contributed by atoms with Crippen LogP contribution in [-0.4, -0.2) is 10.8 Å². The molecule has 0 aliphatic carbocycles. The first kappa shape index (κ1) is 10.4. The zero-order chi connectivity index (χ0) is 11.7. The number of aromatic nitrogens is 1. The van der Waals surface area contributed by atoms with Crippen LogP contribution < -0.4 is 5.73 Å². The van der Waals surface area contributed by atoms with E-state index in [1.54, 1.807) is 0 Å². The van der Waals surface area contributed by atoms with Crippen LogP contribution in [0, 0.1) is 6.92 Å². The molecule has 1 heterocycles. The zero-order valence-corrected chi connectivity index (χ0v) is 9.15. The van der Waals surface area contributed by atoms with Crippen LogP contribution in [0.5, 0.6) is 0 Å². The van der Waals surface area contributed by atoms with Crippen molar-refractivity contribution >= 4 is 11.8 Å². The van der Waals surface area contributed by atoms with E-state index in [1.165, 1.54) is 6.92 Å². The van der Waals surface area contributed by atoms with Crippen LogP contribution in [0.25, 0.3) is 11.3 Å². The molecule has 0 amide bonds. The second kappa shape index (κ2) is 3.81. The Morgan fingerprint density at radius 1 is 1.38 bits per heavy atom. The molecule has 0 saturated heterocycles. The zero-order valence-electron chi connectivity index (χ0n) is 9.15. The quantitative estimate of drug-likeness (QED) is 0.783. The Balaban J connectivity index is 2.64. The smallest absolute Gasteiger partial charge is 0.293 e. The molecule has 0 fully saturated rings. The van der Waals surface area contributed by atoms with Gasteiger partial charge in [-0.15, -0.1) is 0 Å². The fraction of sp³-hybridized carbons (Fsp3) is 0.167. The van der Waals surface area contributed by atoms with Gasteiger partial charge in [0, 0.05) is 12.5 Å². The largest absolute Gasteiger partial charge is 0.423 e. The van der Waals surface area contributed by atoms with Gasteiger partial charge in [-0.25, -0.2) is 0 Å². The molecule has 1 aromatic heterocycles. The van der Waals surface area contributed by atoms with Crippen LogP contribution >= 0.6 is 0 Å². The second-order valence-electron chi connectivity index (χ2n) is 3.60. The van der Waals surface area contributed by atoms with Crippen LogP contribution in [-0.2, 0) is 0 Å². The number of ketones is 1. The van der Waals surface area contributed by atoms with Crippen molar-refractivity contribution in [1.29, 1.82) is 0 Å². The van der Waals surface area contributed by atoms with E-state index in [4.69, 9.17) is 10.2 Å². The average Bonchev–Trinajstić information content (AvgIpc) is 2.61. The van der Waals surface area contributed by atoms with Crippen LogP contribution in [0.4, 0.5) is 6.01 Å². The number of nitrogens with two attached hydrogens (primary N) is 1. The topological polar surface area (TPSA) is 69.1 Å². The minimum Gasteiger partial charge on any atom is -0.423 e. The van der Waals surface area contributed by atoms with Gasteiger partial charge in [-0.2, -0.15) is 4.98 Å². The molecule has 0 aliphatic rings. The van der Waals surface area contributed by atoms with E-state index in [9.17, 15) is 4.79 Å². The van der Waals surface area contributed by atoms with Crippen LogP contribution in [0.1, 0.15) is 23.0 Å². The van der Waals surface area contributed by atoms with Gasteiger partial charge in [-0.1, -0.05) is 24.3 Å². The molecule has 0 bridgehead atoms. The van der Waals surface area contributed by atoms with Gasteiger partial charge in [0.05, 0.1) is 0 Å². The van der Waals surface area contributed by atoms with Crippen molar-refractivity contribution in [1.82, 2.24) is 4.98 Å². The first-order valence-corrected chi connectivity index (χ1v) is 4.93. The number of aryl methyl sites for hydroxylation is 1. The molecule has 4 nitrogen and oxygen atoms in total. The number of rotatable bonds is 2. The van der Waals surface area contributed by atoms with Crippen molar-refractivity contribution in [2.24, 2.45) is 0 Å². The van der Waals surface area contributed by atoms with E-state index in [0.717, 1.165) is 11.1 Å². The van der Waals surface area contributed by atoms with Crippen molar-refractivity contribution in [3.8, 4) is 11.3 Å². The fourth-order valence-electron chi connectivity index (χ4n) is 1.59. The molecule has 0 atom stereocenters. The second-order valence-corrected chi connectivity index (χ2v) is 3.60. The Kier molecular flexibility index (Phi) is 2.48. The highest BCUT2D eigenvalue weighted by Crippen LogP contribution is 2.28. The van der Waals surface area contributed by atoms with Gasteiger partial charge in [-0.3, -0.25) is 4.79 Å². The van der Waals surface area contributed by atoms with E-state index >= 15 is 0 Å². The Morgan fingerprint density at radius 3 is 2.69 bits per heavy atom. The summed E-state index contributed by atoms with van der Waals surface area (Å²) in [6.45, 7) is 3.39. The first-order valence-electron chi connectivity index (χ1n) is 4.93. The van der Waals surface area contributed by atoms with Crippen LogP contribution in [0.3, 0.4) is 0 Å². The molecule has 0 aliphatic heterocycles. The van der Waals surface area contributed by atoms with Gasteiger partial charge in [0.2, 0.25) is 0 Å². The lowest BCUT2D eigenvalue weighted by atomic mass is 10.0. The summed E-state index contributed by atoms with van der Waals surface area (Å²) >= 11 is 0. The van der Waals surface area contributed by atoms with Gasteiger partial charge in [0.25, 0.3) is 6.01 Å². The molecule has 2 N–H and O–H groups in total. The summed E-state index contributed by atoms with van der Waals surface area (Å²) in [5.74, 6) is 0.293. The molecule has 82 valence electrons. The van der Waals surface area contributed by atoms with Crippen molar-refractivity contribution in [3.05, 3.63) is 35.5 Å². The highest BCUT2D eigenvalue weighted by molar-refractivity contribution is 5.98. The molecule has 1 aromatic carbocycles. The number of carbonyl (C=O) groups excluding carboxylic acids is 1. The van der Waals surface area contributed by atoms with Gasteiger partial charge in [-0.05, 0) is 12.5 Å². The summed E-state index contributed by atoms with van der Waals surface area (Å²) in [4.78, 5) is 15.3. The number of nitrogen functional groups attached to an aromatic ring is 1. The van der Waals surface area contributed by atoms with Crippen LogP contribution in [0.2, 0.25) is 0 Å². The fourth-order valence-corrected chi connectivity index (χ4v) is 1.59. The van der Waals surface area contributed by atoms with E-state index < -0.39 is 0 Å². The summed E-state index contributed by atoms with van der Waals surface area (Å²) in [7, 11) is 0. The standard InChI is InChI=1S/C12H12N2O2/c1-7-5-3-4-6-9(7)11-10(8(2)15)14-12(13)16-11/h3-6H,1-2H3,(H2,13,14). The van der Waals surface area contributed by atoms with Gasteiger partial charge >= 0.3 is 0 Å². The summed E-state index contributed by atoms with van der Waals surface area (Å²) in [6, 6.07) is 7.64. The summed E-state index contributed by atoms with van der Waals surface area (Å²) in [6.07, 6.45) is 0. The summed E-state index contributed by atoms with van der Waals surface area (Å²) < 4.78 is 5.29. The lowest BCUT2D eigenvalue weighted by molar-refractivity contribution is 0.101. The van der Waals surface area contributed by atoms with Gasteiger partial charge in [0.1, 0.15) is 0 Å². The van der Waals surface area contributed by atoms with E-state index in [2.05, 4.69) is 4.98 Å². The molecule has 2 rings (SSSR count). The Labute approximate surface area is 93.1 Å². The number of hydrogen-bond donors (Lipinski definition) is 1. The molecule has 0 saturated carbocycles. The monoisotopic (exact) mass is 216 g/mol. The Morgan fingerprint density at radius 2 is 2.06 bits per heavy atom. The number of nitrogens with zero attached hydrogens (tertiary/aromatic N) is 1. The van der Waals surface area contributed by atoms with E-state index in [0.29, 0.717) is 5.76 Å². The first-order chi connectivity index (χ1) is 7.59. The van der Waals surface area contributed by atoms with Gasteiger partial charge < -0.3 is 10.2 Å². The number of benzene rings is 1. The molecular weight excluding hydrogens is 204 g/mol. The Hall–Kier alpha value is -2.10. The number of hydrogen-bond acceptors (Lipinski definition) is 4. The average molecular weight is 216 g/mol. The molecule has 16 heavy (non-hydrogen) atoms. The van der Waals surface area contributed by atoms with Crippen LogP contribution in [0.15, 0.2) is 28.7 Å². The minimum atomic E-state index is -0.154. The maximum atomic E-state index is 11.4.